The Labute approximate surface area is 205 Å². The molecular formula is C29H28N2O4. The van der Waals surface area contributed by atoms with Crippen molar-refractivity contribution < 1.29 is 19.4 Å². The smallest absolute Gasteiger partial charge is 0.300 e. The Hall–Kier alpha value is -4.06. The first-order chi connectivity index (χ1) is 17.0. The molecule has 2 heterocycles. The number of aliphatic hydroxyl groups excluding tert-OH is 1. The maximum absolute atomic E-state index is 13.4. The fourth-order valence-corrected chi connectivity index (χ4v) is 5.04. The fraction of sp³-hybridized carbons (Fsp3) is 0.241. The molecule has 3 aromatic carbocycles. The summed E-state index contributed by atoms with van der Waals surface area (Å²) in [5, 5.41) is 11.4. The summed E-state index contributed by atoms with van der Waals surface area (Å²) in [7, 11) is 1.50. The number of aryl methyl sites for hydroxylation is 1. The molecule has 1 N–H and O–H groups in total. The Bertz CT molecular complexity index is 1310. The third kappa shape index (κ3) is 4.05. The average molecular weight is 469 g/mol. The molecule has 1 unspecified atom stereocenters. The first-order valence-corrected chi connectivity index (χ1v) is 11.9. The summed E-state index contributed by atoms with van der Waals surface area (Å²) < 4.78 is 5.41. The van der Waals surface area contributed by atoms with E-state index in [2.05, 4.69) is 4.90 Å². The predicted molar refractivity (Wildman–Crippen MR) is 137 cm³/mol. The van der Waals surface area contributed by atoms with Crippen molar-refractivity contribution in [2.24, 2.45) is 0 Å². The van der Waals surface area contributed by atoms with Gasteiger partial charge in [-0.3, -0.25) is 14.5 Å². The molecule has 35 heavy (non-hydrogen) atoms. The molecule has 6 heteroatoms. The third-order valence-electron chi connectivity index (χ3n) is 6.76. The molecule has 2 saturated heterocycles. The number of aliphatic hydroxyl groups is 1. The molecule has 3 aromatic rings. The van der Waals surface area contributed by atoms with Gasteiger partial charge in [-0.25, -0.2) is 0 Å². The standard InChI is InChI=1S/C29H28N2O4/c1-19-8-7-9-20(18-19)26-25(27(32)23-10-3-4-11-24(23)35-2)28(33)29(34)31(26)22-14-12-21(13-15-22)30-16-5-6-17-30/h3-4,7-15,18,26,32H,5-6,16-17H2,1-2H3/b27-25+. The highest BCUT2D eigenvalue weighted by molar-refractivity contribution is 6.51. The molecule has 0 bridgehead atoms. The molecule has 178 valence electrons. The number of hydrogen-bond donors (Lipinski definition) is 1. The van der Waals surface area contributed by atoms with Crippen LogP contribution in [0.1, 0.15) is 35.6 Å². The molecule has 6 nitrogen and oxygen atoms in total. The van der Waals surface area contributed by atoms with Gasteiger partial charge in [0.2, 0.25) is 0 Å². The van der Waals surface area contributed by atoms with Crippen LogP contribution in [0.25, 0.3) is 5.76 Å². The van der Waals surface area contributed by atoms with Crippen molar-refractivity contribution in [3.63, 3.8) is 0 Å². The van der Waals surface area contributed by atoms with Crippen molar-refractivity contribution >= 4 is 28.8 Å². The number of para-hydroxylation sites is 1. The van der Waals surface area contributed by atoms with Crippen LogP contribution in [0.2, 0.25) is 0 Å². The van der Waals surface area contributed by atoms with Crippen molar-refractivity contribution in [3.8, 4) is 5.75 Å². The van der Waals surface area contributed by atoms with Gasteiger partial charge in [0, 0.05) is 24.5 Å². The summed E-state index contributed by atoms with van der Waals surface area (Å²) in [6, 6.07) is 21.6. The maximum Gasteiger partial charge on any atom is 0.300 e. The van der Waals surface area contributed by atoms with Crippen molar-refractivity contribution in [1.29, 1.82) is 0 Å². The van der Waals surface area contributed by atoms with Gasteiger partial charge in [0.15, 0.2) is 0 Å². The molecule has 1 amide bonds. The summed E-state index contributed by atoms with van der Waals surface area (Å²) in [6.45, 7) is 4.00. The van der Waals surface area contributed by atoms with Crippen molar-refractivity contribution in [1.82, 2.24) is 0 Å². The molecule has 2 aliphatic heterocycles. The van der Waals surface area contributed by atoms with E-state index in [4.69, 9.17) is 4.74 Å². The first-order valence-electron chi connectivity index (χ1n) is 11.9. The van der Waals surface area contributed by atoms with Crippen LogP contribution in [-0.2, 0) is 9.59 Å². The summed E-state index contributed by atoms with van der Waals surface area (Å²) in [5.41, 5.74) is 3.88. The zero-order valence-corrected chi connectivity index (χ0v) is 19.9. The third-order valence-corrected chi connectivity index (χ3v) is 6.76. The Morgan fingerprint density at radius 3 is 2.29 bits per heavy atom. The first kappa shape index (κ1) is 22.7. The highest BCUT2D eigenvalue weighted by Crippen LogP contribution is 2.43. The van der Waals surface area contributed by atoms with E-state index in [1.807, 2.05) is 55.5 Å². The second-order valence-electron chi connectivity index (χ2n) is 8.99. The lowest BCUT2D eigenvalue weighted by Crippen LogP contribution is -2.29. The van der Waals surface area contributed by atoms with Crippen LogP contribution in [0.5, 0.6) is 5.75 Å². The lowest BCUT2D eigenvalue weighted by atomic mass is 9.94. The van der Waals surface area contributed by atoms with Crippen LogP contribution in [0.15, 0.2) is 78.4 Å². The number of ketones is 1. The van der Waals surface area contributed by atoms with Gasteiger partial charge >= 0.3 is 0 Å². The van der Waals surface area contributed by atoms with Gasteiger partial charge in [0.05, 0.1) is 24.3 Å². The van der Waals surface area contributed by atoms with E-state index in [0.29, 0.717) is 17.0 Å². The fourth-order valence-electron chi connectivity index (χ4n) is 5.04. The Morgan fingerprint density at radius 2 is 1.60 bits per heavy atom. The van der Waals surface area contributed by atoms with E-state index in [1.54, 1.807) is 24.3 Å². The number of carbonyl (C=O) groups excluding carboxylic acids is 2. The largest absolute Gasteiger partial charge is 0.507 e. The topological polar surface area (TPSA) is 70.1 Å². The van der Waals surface area contributed by atoms with Gasteiger partial charge in [0.1, 0.15) is 11.5 Å². The summed E-state index contributed by atoms with van der Waals surface area (Å²) >= 11 is 0. The normalized spacial score (nSPS) is 19.4. The van der Waals surface area contributed by atoms with Gasteiger partial charge < -0.3 is 14.7 Å². The number of anilines is 2. The van der Waals surface area contributed by atoms with E-state index >= 15 is 0 Å². The molecular weight excluding hydrogens is 440 g/mol. The Balaban J connectivity index is 1.65. The number of methoxy groups -OCH3 is 1. The highest BCUT2D eigenvalue weighted by Gasteiger charge is 2.47. The minimum Gasteiger partial charge on any atom is -0.507 e. The summed E-state index contributed by atoms with van der Waals surface area (Å²) in [4.78, 5) is 30.6. The summed E-state index contributed by atoms with van der Waals surface area (Å²) in [5.74, 6) is -1.21. The Kier molecular flexibility index (Phi) is 6.03. The Morgan fingerprint density at radius 1 is 0.914 bits per heavy atom. The number of carbonyl (C=O) groups is 2. The molecule has 2 fully saturated rings. The van der Waals surface area contributed by atoms with Crippen LogP contribution in [-0.4, -0.2) is 37.0 Å². The van der Waals surface area contributed by atoms with E-state index in [1.165, 1.54) is 24.9 Å². The quantitative estimate of drug-likeness (QED) is 0.315. The van der Waals surface area contributed by atoms with Crippen LogP contribution < -0.4 is 14.5 Å². The zero-order chi connectivity index (χ0) is 24.5. The highest BCUT2D eigenvalue weighted by atomic mass is 16.5. The van der Waals surface area contributed by atoms with Crippen molar-refractivity contribution in [2.45, 2.75) is 25.8 Å². The number of nitrogens with zero attached hydrogens (tertiary/aromatic N) is 2. The monoisotopic (exact) mass is 468 g/mol. The van der Waals surface area contributed by atoms with Crippen LogP contribution in [0, 0.1) is 6.92 Å². The predicted octanol–water partition coefficient (Wildman–Crippen LogP) is 5.23. The van der Waals surface area contributed by atoms with Crippen molar-refractivity contribution in [2.75, 3.05) is 30.0 Å². The molecule has 0 aromatic heterocycles. The zero-order valence-electron chi connectivity index (χ0n) is 19.9. The van der Waals surface area contributed by atoms with E-state index in [-0.39, 0.29) is 11.3 Å². The minimum absolute atomic E-state index is 0.0497. The summed E-state index contributed by atoms with van der Waals surface area (Å²) in [6.07, 6.45) is 2.35. The van der Waals surface area contributed by atoms with Crippen LogP contribution >= 0.6 is 0 Å². The van der Waals surface area contributed by atoms with Gasteiger partial charge in [-0.15, -0.1) is 0 Å². The van der Waals surface area contributed by atoms with Crippen molar-refractivity contribution in [3.05, 3.63) is 95.1 Å². The number of rotatable bonds is 5. The molecule has 0 spiro atoms. The molecule has 0 radical (unpaired) electrons. The van der Waals surface area contributed by atoms with Crippen LogP contribution in [0.3, 0.4) is 0 Å². The lowest BCUT2D eigenvalue weighted by molar-refractivity contribution is -0.132. The number of Topliss-reactive ketones (excluding diaryl/α,β-unsaturated/α-hetero) is 1. The van der Waals surface area contributed by atoms with Crippen LogP contribution in [0.4, 0.5) is 11.4 Å². The lowest BCUT2D eigenvalue weighted by Gasteiger charge is -2.26. The van der Waals surface area contributed by atoms with Gasteiger partial charge in [-0.2, -0.15) is 0 Å². The second-order valence-corrected chi connectivity index (χ2v) is 8.99. The molecule has 5 rings (SSSR count). The molecule has 0 aliphatic carbocycles. The number of ether oxygens (including phenoxy) is 1. The minimum atomic E-state index is -0.766. The SMILES string of the molecule is COc1ccccc1/C(O)=C1\C(=O)C(=O)N(c2ccc(N3CCCC3)cc2)C1c1cccc(C)c1. The van der Waals surface area contributed by atoms with Gasteiger partial charge in [0.25, 0.3) is 11.7 Å². The number of hydrogen-bond acceptors (Lipinski definition) is 5. The molecule has 1 atom stereocenters. The number of benzene rings is 3. The van der Waals surface area contributed by atoms with E-state index in [0.717, 1.165) is 29.9 Å². The van der Waals surface area contributed by atoms with E-state index in [9.17, 15) is 14.7 Å². The number of amides is 1. The van der Waals surface area contributed by atoms with E-state index < -0.39 is 17.7 Å². The maximum atomic E-state index is 13.4. The molecule has 0 saturated carbocycles. The second kappa shape index (κ2) is 9.29. The van der Waals surface area contributed by atoms with Gasteiger partial charge in [-0.1, -0.05) is 42.0 Å². The average Bonchev–Trinajstić information content (AvgIpc) is 3.51. The molecule has 2 aliphatic rings. The van der Waals surface area contributed by atoms with Gasteiger partial charge in [-0.05, 0) is 61.7 Å².